The fourth-order valence-corrected chi connectivity index (χ4v) is 3.47. The van der Waals surface area contributed by atoms with Crippen LogP contribution in [0.25, 0.3) is 22.2 Å². The number of pyridine rings is 2. The number of benzene rings is 1. The molecule has 0 atom stereocenters. The van der Waals surface area contributed by atoms with Gasteiger partial charge in [-0.05, 0) is 41.8 Å². The topological polar surface area (TPSA) is 106 Å². The molecule has 4 aromatic rings. The van der Waals surface area contributed by atoms with Crippen LogP contribution in [0.2, 0.25) is 5.15 Å². The molecule has 0 bridgehead atoms. The average molecular weight is 484 g/mol. The summed E-state index contributed by atoms with van der Waals surface area (Å²) >= 11 is 6.04. The highest BCUT2D eigenvalue weighted by Crippen LogP contribution is 2.30. The van der Waals surface area contributed by atoms with Crippen molar-refractivity contribution in [3.63, 3.8) is 0 Å². The van der Waals surface area contributed by atoms with Crippen molar-refractivity contribution in [2.45, 2.75) is 19.8 Å². The molecule has 11 heteroatoms. The minimum atomic E-state index is -0.544. The van der Waals surface area contributed by atoms with Crippen molar-refractivity contribution in [3.05, 3.63) is 59.6 Å². The first kappa shape index (κ1) is 23.2. The Hall–Kier alpha value is -3.92. The molecular weight excluding hydrogens is 461 g/mol. The molecule has 1 aromatic carbocycles. The van der Waals surface area contributed by atoms with Gasteiger partial charge in [-0.15, -0.1) is 0 Å². The number of hydrazine groups is 1. The van der Waals surface area contributed by atoms with E-state index >= 15 is 0 Å². The van der Waals surface area contributed by atoms with Crippen molar-refractivity contribution in [1.82, 2.24) is 25.2 Å². The number of amides is 2. The van der Waals surface area contributed by atoms with Crippen molar-refractivity contribution in [1.29, 1.82) is 0 Å². The van der Waals surface area contributed by atoms with E-state index in [1.165, 1.54) is 18.2 Å². The Morgan fingerprint density at radius 2 is 1.97 bits per heavy atom. The summed E-state index contributed by atoms with van der Waals surface area (Å²) in [5.41, 5.74) is 7.94. The van der Waals surface area contributed by atoms with Gasteiger partial charge in [-0.25, -0.2) is 19.2 Å². The minimum Gasteiger partial charge on any atom is -0.478 e. The number of unbranched alkanes of at least 4 members (excludes halogenated alkanes) is 1. The summed E-state index contributed by atoms with van der Waals surface area (Å²) in [6.07, 6.45) is 3.56. The number of nitrogens with zero attached hydrogens (tertiary/aromatic N) is 4. The first-order valence-electron chi connectivity index (χ1n) is 10.6. The zero-order chi connectivity index (χ0) is 24.1. The third-order valence-corrected chi connectivity index (χ3v) is 5.13. The molecule has 4 rings (SSSR count). The van der Waals surface area contributed by atoms with Gasteiger partial charge in [0.2, 0.25) is 5.88 Å². The molecule has 2 amide bonds. The Bertz CT molecular complexity index is 1310. The summed E-state index contributed by atoms with van der Waals surface area (Å²) in [6.45, 7) is 2.57. The van der Waals surface area contributed by atoms with E-state index in [1.54, 1.807) is 42.2 Å². The van der Waals surface area contributed by atoms with Crippen LogP contribution in [0.3, 0.4) is 0 Å². The number of aryl methyl sites for hydroxylation is 1. The second kappa shape index (κ2) is 10.3. The van der Waals surface area contributed by atoms with E-state index in [2.05, 4.69) is 38.2 Å². The quantitative estimate of drug-likeness (QED) is 0.182. The highest BCUT2D eigenvalue weighted by atomic mass is 35.5. The number of halogens is 2. The fraction of sp³-hybridized carbons (Fsp3) is 0.217. The van der Waals surface area contributed by atoms with Gasteiger partial charge in [0.15, 0.2) is 5.65 Å². The van der Waals surface area contributed by atoms with Crippen LogP contribution in [0.4, 0.5) is 20.7 Å². The van der Waals surface area contributed by atoms with Crippen LogP contribution in [0, 0.1) is 5.82 Å². The summed E-state index contributed by atoms with van der Waals surface area (Å²) in [4.78, 5) is 21.1. The summed E-state index contributed by atoms with van der Waals surface area (Å²) in [7, 11) is 1.76. The van der Waals surface area contributed by atoms with Gasteiger partial charge in [-0.3, -0.25) is 15.5 Å². The lowest BCUT2D eigenvalue weighted by atomic mass is 10.0. The molecule has 0 radical (unpaired) electrons. The molecule has 0 unspecified atom stereocenters. The van der Waals surface area contributed by atoms with E-state index in [0.717, 1.165) is 29.4 Å². The Kier molecular flexibility index (Phi) is 7.07. The predicted octanol–water partition coefficient (Wildman–Crippen LogP) is 5.15. The maximum Gasteiger partial charge on any atom is 0.337 e. The standard InChI is InChI=1S/C23H23ClFN7O2/c1-3-4-9-34-21-11-16(10-19(24)28-21)27-23(33)31-30-20-12-17(14-5-7-15(25)8-6-14)18-13-26-32(2)22(18)29-20/h5-8,10-13H,3-4,9H2,1-2H3,(H,29,30)(H2,27,28,31,33). The van der Waals surface area contributed by atoms with E-state index in [-0.39, 0.29) is 11.0 Å². The number of nitrogens with one attached hydrogen (secondary N) is 3. The molecule has 0 saturated carbocycles. The Labute approximate surface area is 200 Å². The summed E-state index contributed by atoms with van der Waals surface area (Å²) in [6, 6.07) is 10.4. The normalized spacial score (nSPS) is 10.8. The Morgan fingerprint density at radius 1 is 1.18 bits per heavy atom. The van der Waals surface area contributed by atoms with Crippen LogP contribution >= 0.6 is 11.6 Å². The molecule has 0 aliphatic rings. The number of carbonyl (C=O) groups is 1. The van der Waals surface area contributed by atoms with Gasteiger partial charge in [0.05, 0.1) is 18.5 Å². The van der Waals surface area contributed by atoms with E-state index in [0.29, 0.717) is 29.6 Å². The van der Waals surface area contributed by atoms with Crippen LogP contribution in [-0.4, -0.2) is 32.4 Å². The van der Waals surface area contributed by atoms with E-state index in [9.17, 15) is 9.18 Å². The number of carbonyl (C=O) groups excluding carboxylic acids is 1. The van der Waals surface area contributed by atoms with Crippen LogP contribution in [0.15, 0.2) is 48.7 Å². The van der Waals surface area contributed by atoms with Crippen LogP contribution in [-0.2, 0) is 7.05 Å². The number of aromatic nitrogens is 4. The first-order chi connectivity index (χ1) is 16.4. The smallest absolute Gasteiger partial charge is 0.337 e. The van der Waals surface area contributed by atoms with Crippen LogP contribution in [0.1, 0.15) is 19.8 Å². The molecule has 34 heavy (non-hydrogen) atoms. The highest BCUT2D eigenvalue weighted by molar-refractivity contribution is 6.29. The van der Waals surface area contributed by atoms with E-state index in [4.69, 9.17) is 16.3 Å². The third-order valence-electron chi connectivity index (χ3n) is 4.94. The van der Waals surface area contributed by atoms with Gasteiger partial charge in [-0.1, -0.05) is 37.1 Å². The Balaban J connectivity index is 1.49. The van der Waals surface area contributed by atoms with Crippen LogP contribution in [0.5, 0.6) is 5.88 Å². The second-order valence-electron chi connectivity index (χ2n) is 7.49. The highest BCUT2D eigenvalue weighted by Gasteiger charge is 2.13. The molecule has 0 spiro atoms. The monoisotopic (exact) mass is 483 g/mol. The number of hydrogen-bond acceptors (Lipinski definition) is 6. The molecule has 176 valence electrons. The van der Waals surface area contributed by atoms with Crippen molar-refractivity contribution >= 4 is 40.2 Å². The molecule has 3 heterocycles. The van der Waals surface area contributed by atoms with Gasteiger partial charge in [0.25, 0.3) is 0 Å². The van der Waals surface area contributed by atoms with Gasteiger partial charge >= 0.3 is 6.03 Å². The van der Waals surface area contributed by atoms with Crippen molar-refractivity contribution in [2.75, 3.05) is 17.3 Å². The molecule has 3 N–H and O–H groups in total. The lowest BCUT2D eigenvalue weighted by Crippen LogP contribution is -2.34. The third kappa shape index (κ3) is 5.52. The van der Waals surface area contributed by atoms with Crippen molar-refractivity contribution in [3.8, 4) is 17.0 Å². The summed E-state index contributed by atoms with van der Waals surface area (Å²) in [5, 5.41) is 7.93. The van der Waals surface area contributed by atoms with Gasteiger partial charge < -0.3 is 10.1 Å². The Morgan fingerprint density at radius 3 is 2.74 bits per heavy atom. The largest absolute Gasteiger partial charge is 0.478 e. The molecule has 0 saturated heterocycles. The number of ether oxygens (including phenoxy) is 1. The number of fused-ring (bicyclic) bond motifs is 1. The predicted molar refractivity (Wildman–Crippen MR) is 129 cm³/mol. The second-order valence-corrected chi connectivity index (χ2v) is 7.88. The first-order valence-corrected chi connectivity index (χ1v) is 11.0. The lowest BCUT2D eigenvalue weighted by Gasteiger charge is -2.12. The fourth-order valence-electron chi connectivity index (χ4n) is 3.27. The lowest BCUT2D eigenvalue weighted by molar-refractivity contribution is 0.254. The summed E-state index contributed by atoms with van der Waals surface area (Å²) < 4.78 is 20.6. The minimum absolute atomic E-state index is 0.199. The molecule has 0 aliphatic heterocycles. The zero-order valence-corrected chi connectivity index (χ0v) is 19.4. The number of anilines is 2. The number of hydrogen-bond donors (Lipinski definition) is 3. The molecule has 9 nitrogen and oxygen atoms in total. The summed E-state index contributed by atoms with van der Waals surface area (Å²) in [5.74, 6) is 0.380. The van der Waals surface area contributed by atoms with E-state index in [1.807, 2.05) is 0 Å². The van der Waals surface area contributed by atoms with Gasteiger partial charge in [-0.2, -0.15) is 5.10 Å². The van der Waals surface area contributed by atoms with Crippen molar-refractivity contribution in [2.24, 2.45) is 7.05 Å². The van der Waals surface area contributed by atoms with Crippen LogP contribution < -0.4 is 20.9 Å². The number of urea groups is 1. The maximum atomic E-state index is 13.4. The van der Waals surface area contributed by atoms with Gasteiger partial charge in [0, 0.05) is 18.5 Å². The average Bonchev–Trinajstić information content (AvgIpc) is 3.18. The molecule has 3 aromatic heterocycles. The molecular formula is C23H23ClFN7O2. The molecule has 0 fully saturated rings. The maximum absolute atomic E-state index is 13.4. The SMILES string of the molecule is CCCCOc1cc(NC(=O)NNc2cc(-c3ccc(F)cc3)c3cnn(C)c3n2)cc(Cl)n1. The van der Waals surface area contributed by atoms with Gasteiger partial charge in [0.1, 0.15) is 16.8 Å². The number of rotatable bonds is 8. The van der Waals surface area contributed by atoms with E-state index < -0.39 is 6.03 Å². The zero-order valence-electron chi connectivity index (χ0n) is 18.6. The molecule has 0 aliphatic carbocycles. The van der Waals surface area contributed by atoms with Crippen molar-refractivity contribution < 1.29 is 13.9 Å².